The van der Waals surface area contributed by atoms with Crippen LogP contribution in [-0.4, -0.2) is 64.0 Å². The van der Waals surface area contributed by atoms with Gasteiger partial charge < -0.3 is 0 Å². The summed E-state index contributed by atoms with van der Waals surface area (Å²) in [5, 5.41) is 11.5. The highest BCUT2D eigenvalue weighted by atomic mass is 32.2. The van der Waals surface area contributed by atoms with Gasteiger partial charge in [-0.2, -0.15) is 8.99 Å². The molecule has 1 aliphatic heterocycles. The molecule has 30 heavy (non-hydrogen) atoms. The van der Waals surface area contributed by atoms with Gasteiger partial charge in [0.05, 0.1) is 12.2 Å². The molecule has 0 atom stereocenters. The van der Waals surface area contributed by atoms with Crippen molar-refractivity contribution < 1.29 is 21.6 Å². The summed E-state index contributed by atoms with van der Waals surface area (Å²) in [6.07, 6.45) is 0. The van der Waals surface area contributed by atoms with E-state index in [9.17, 15) is 21.6 Å². The molecule has 0 saturated carbocycles. The van der Waals surface area contributed by atoms with Gasteiger partial charge in [-0.25, -0.2) is 21.6 Å². The fraction of sp³-hybridized carbons (Fsp3) is 0.278. The molecule has 0 unspecified atom stereocenters. The molecule has 3 aromatic rings. The maximum atomic E-state index is 14.0. The lowest BCUT2D eigenvalue weighted by molar-refractivity contribution is 0.176. The van der Waals surface area contributed by atoms with Crippen LogP contribution >= 0.6 is 0 Å². The number of hydrogen-bond donors (Lipinski definition) is 0. The fourth-order valence-corrected chi connectivity index (χ4v) is 4.73. The number of benzene rings is 2. The molecule has 0 radical (unpaired) electrons. The lowest BCUT2D eigenvalue weighted by Crippen LogP contribution is -2.48. The average Bonchev–Trinajstić information content (AvgIpc) is 3.16. The molecule has 8 nitrogen and oxygen atoms in total. The highest BCUT2D eigenvalue weighted by Gasteiger charge is 2.31. The summed E-state index contributed by atoms with van der Waals surface area (Å²) in [4.78, 5) is 1.39. The van der Waals surface area contributed by atoms with Crippen molar-refractivity contribution in [3.63, 3.8) is 0 Å². The molecule has 4 rings (SSSR count). The van der Waals surface area contributed by atoms with Crippen LogP contribution in [0.2, 0.25) is 0 Å². The van der Waals surface area contributed by atoms with Gasteiger partial charge in [0.1, 0.15) is 22.3 Å². The lowest BCUT2D eigenvalue weighted by atomic mass is 10.3. The highest BCUT2D eigenvalue weighted by molar-refractivity contribution is 7.89. The minimum Gasteiger partial charge on any atom is -0.293 e. The van der Waals surface area contributed by atoms with E-state index < -0.39 is 32.4 Å². The molecular weight excluding hydrogens is 421 g/mol. The summed E-state index contributed by atoms with van der Waals surface area (Å²) < 4.78 is 68.5. The largest absolute Gasteiger partial charge is 0.293 e. The Morgan fingerprint density at radius 1 is 0.933 bits per heavy atom. The first-order valence-electron chi connectivity index (χ1n) is 9.05. The Hall–Kier alpha value is -2.83. The van der Waals surface area contributed by atoms with Crippen LogP contribution in [0.3, 0.4) is 0 Å². The smallest absolute Gasteiger partial charge is 0.246 e. The van der Waals surface area contributed by atoms with Gasteiger partial charge >= 0.3 is 0 Å². The van der Waals surface area contributed by atoms with Gasteiger partial charge in [-0.15, -0.1) is 5.10 Å². The molecule has 0 amide bonds. The second-order valence-corrected chi connectivity index (χ2v) is 8.65. The first-order chi connectivity index (χ1) is 14.3. The Morgan fingerprint density at radius 2 is 1.67 bits per heavy atom. The summed E-state index contributed by atoms with van der Waals surface area (Å²) >= 11 is 0. The van der Waals surface area contributed by atoms with Gasteiger partial charge in [-0.1, -0.05) is 6.07 Å². The van der Waals surface area contributed by atoms with E-state index in [-0.39, 0.29) is 13.1 Å². The molecule has 0 spiro atoms. The quantitative estimate of drug-likeness (QED) is 0.602. The third kappa shape index (κ3) is 4.06. The van der Waals surface area contributed by atoms with Crippen LogP contribution < -0.4 is 0 Å². The molecule has 2 heterocycles. The minimum absolute atomic E-state index is 0.126. The zero-order valence-electron chi connectivity index (χ0n) is 15.6. The maximum Gasteiger partial charge on any atom is 0.246 e. The van der Waals surface area contributed by atoms with E-state index in [4.69, 9.17) is 0 Å². The molecule has 1 aliphatic rings. The van der Waals surface area contributed by atoms with Crippen LogP contribution in [0.5, 0.6) is 0 Å². The van der Waals surface area contributed by atoms with Crippen LogP contribution in [0.1, 0.15) is 5.82 Å². The van der Waals surface area contributed by atoms with Gasteiger partial charge in [0.25, 0.3) is 0 Å². The molecule has 12 heteroatoms. The van der Waals surface area contributed by atoms with Crippen molar-refractivity contribution in [2.45, 2.75) is 11.4 Å². The lowest BCUT2D eigenvalue weighted by Gasteiger charge is -2.33. The number of nitrogens with zero attached hydrogens (tertiary/aromatic N) is 6. The Balaban J connectivity index is 1.44. The molecule has 0 N–H and O–H groups in total. The Kier molecular flexibility index (Phi) is 5.54. The highest BCUT2D eigenvalue weighted by Crippen LogP contribution is 2.22. The number of sulfonamides is 1. The summed E-state index contributed by atoms with van der Waals surface area (Å²) in [5.74, 6) is -1.90. The number of hydrogen-bond acceptors (Lipinski definition) is 6. The third-order valence-electron chi connectivity index (χ3n) is 4.79. The molecule has 0 aliphatic carbocycles. The summed E-state index contributed by atoms with van der Waals surface area (Å²) in [6, 6.07) is 8.24. The first kappa shape index (κ1) is 20.4. The number of piperazine rings is 1. The second-order valence-electron chi connectivity index (χ2n) is 6.74. The normalized spacial score (nSPS) is 16.1. The first-order valence-corrected chi connectivity index (χ1v) is 10.5. The fourth-order valence-electron chi connectivity index (χ4n) is 3.26. The minimum atomic E-state index is -4.07. The van der Waals surface area contributed by atoms with Gasteiger partial charge in [-0.3, -0.25) is 4.90 Å². The summed E-state index contributed by atoms with van der Waals surface area (Å²) in [6.45, 7) is 1.29. The van der Waals surface area contributed by atoms with Gasteiger partial charge in [-0.05, 0) is 40.8 Å². The molecular formula is C18H17F3N6O2S. The number of rotatable bonds is 5. The van der Waals surface area contributed by atoms with Crippen molar-refractivity contribution in [1.29, 1.82) is 0 Å². The SMILES string of the molecule is O=S(=O)(c1ccc(F)cc1F)N1CCN(Cc2nnnn2-c2cccc(F)c2)CC1. The third-order valence-corrected chi connectivity index (χ3v) is 6.73. The van der Waals surface area contributed by atoms with E-state index in [1.54, 1.807) is 12.1 Å². The monoisotopic (exact) mass is 438 g/mol. The van der Waals surface area contributed by atoms with Crippen molar-refractivity contribution >= 4 is 10.0 Å². The number of aromatic nitrogens is 4. The number of tetrazole rings is 1. The van der Waals surface area contributed by atoms with Crippen molar-refractivity contribution in [3.8, 4) is 5.69 Å². The Labute approximate surface area is 170 Å². The molecule has 1 aromatic heterocycles. The van der Waals surface area contributed by atoms with E-state index in [2.05, 4.69) is 15.5 Å². The molecule has 158 valence electrons. The number of halogens is 3. The van der Waals surface area contributed by atoms with Crippen molar-refractivity contribution in [1.82, 2.24) is 29.4 Å². The van der Waals surface area contributed by atoms with Crippen LogP contribution in [0, 0.1) is 17.5 Å². The Bertz CT molecular complexity index is 1160. The van der Waals surface area contributed by atoms with Crippen LogP contribution in [0.15, 0.2) is 47.4 Å². The van der Waals surface area contributed by atoms with E-state index in [0.717, 1.165) is 16.4 Å². The van der Waals surface area contributed by atoms with Crippen LogP contribution in [0.25, 0.3) is 5.69 Å². The zero-order valence-corrected chi connectivity index (χ0v) is 16.4. The summed E-state index contributed by atoms with van der Waals surface area (Å²) in [5.41, 5.74) is 0.475. The van der Waals surface area contributed by atoms with Crippen molar-refractivity contribution in [2.75, 3.05) is 26.2 Å². The predicted molar refractivity (Wildman–Crippen MR) is 99.5 cm³/mol. The topological polar surface area (TPSA) is 84.2 Å². The van der Waals surface area contributed by atoms with Gasteiger partial charge in [0.15, 0.2) is 5.82 Å². The van der Waals surface area contributed by atoms with Crippen LogP contribution in [0.4, 0.5) is 13.2 Å². The molecule has 1 fully saturated rings. The van der Waals surface area contributed by atoms with Gasteiger partial charge in [0.2, 0.25) is 10.0 Å². The van der Waals surface area contributed by atoms with Crippen LogP contribution in [-0.2, 0) is 16.6 Å². The Morgan fingerprint density at radius 3 is 2.37 bits per heavy atom. The predicted octanol–water partition coefficient (Wildman–Crippen LogP) is 1.59. The van der Waals surface area contributed by atoms with Crippen molar-refractivity contribution in [3.05, 3.63) is 65.7 Å². The average molecular weight is 438 g/mol. The van der Waals surface area contributed by atoms with E-state index in [1.165, 1.54) is 16.8 Å². The van der Waals surface area contributed by atoms with Gasteiger partial charge in [0, 0.05) is 32.2 Å². The maximum absolute atomic E-state index is 14.0. The molecule has 2 aromatic carbocycles. The zero-order chi connectivity index (χ0) is 21.3. The molecule has 1 saturated heterocycles. The van der Waals surface area contributed by atoms with E-state index >= 15 is 0 Å². The summed E-state index contributed by atoms with van der Waals surface area (Å²) in [7, 11) is -4.07. The molecule has 0 bridgehead atoms. The van der Waals surface area contributed by atoms with E-state index in [1.807, 2.05) is 4.90 Å². The van der Waals surface area contributed by atoms with E-state index in [0.29, 0.717) is 37.2 Å². The second kappa shape index (κ2) is 8.13. The standard InChI is InChI=1S/C18H17F3N6O2S/c19-13-2-1-3-15(10-13)27-18(22-23-24-27)12-25-6-8-26(9-7-25)30(28,29)17-5-4-14(20)11-16(17)21/h1-5,10-11H,6-9,12H2. The van der Waals surface area contributed by atoms with Crippen molar-refractivity contribution in [2.24, 2.45) is 0 Å².